The molecule has 2 aromatic rings. The molecule has 0 spiro atoms. The van der Waals surface area contributed by atoms with E-state index in [4.69, 9.17) is 4.74 Å². The lowest BCUT2D eigenvalue weighted by Crippen LogP contribution is -2.09. The quantitative estimate of drug-likeness (QED) is 0.619. The number of carbonyl (C=O) groups is 1. The molecular formula is C16H17NO2. The average Bonchev–Trinajstić information content (AvgIpc) is 2.42. The zero-order valence-corrected chi connectivity index (χ0v) is 11.2. The van der Waals surface area contributed by atoms with Crippen LogP contribution in [0.2, 0.25) is 0 Å². The topological polar surface area (TPSA) is 39.2 Å². The first-order valence-corrected chi connectivity index (χ1v) is 6.43. The van der Waals surface area contributed by atoms with E-state index in [-0.39, 0.29) is 5.97 Å². The molecule has 0 unspecified atom stereocenters. The van der Waals surface area contributed by atoms with Crippen LogP contribution in [0.3, 0.4) is 0 Å². The molecule has 3 heteroatoms. The summed E-state index contributed by atoms with van der Waals surface area (Å²) in [5.41, 5.74) is 2.60. The number of carbonyl (C=O) groups excluding carboxylic acids is 1. The van der Waals surface area contributed by atoms with Crippen molar-refractivity contribution in [1.29, 1.82) is 0 Å². The second kappa shape index (κ2) is 6.14. The third-order valence-corrected chi connectivity index (χ3v) is 2.80. The standard InChI is InChI=1S/C16H17NO2/c1-3-4-14-8-7-13(11-17-14)16(18)19-15-9-5-12(2)6-10-15/h5-11H,3-4H2,1-2H3. The van der Waals surface area contributed by atoms with Gasteiger partial charge in [0.15, 0.2) is 0 Å². The molecule has 1 aromatic carbocycles. The van der Waals surface area contributed by atoms with Crippen molar-refractivity contribution in [3.63, 3.8) is 0 Å². The highest BCUT2D eigenvalue weighted by atomic mass is 16.5. The number of nitrogens with zero attached hydrogens (tertiary/aromatic N) is 1. The van der Waals surface area contributed by atoms with Crippen LogP contribution >= 0.6 is 0 Å². The predicted molar refractivity (Wildman–Crippen MR) is 74.4 cm³/mol. The SMILES string of the molecule is CCCc1ccc(C(=O)Oc2ccc(C)cc2)cn1. The fourth-order valence-corrected chi connectivity index (χ4v) is 1.72. The molecule has 0 N–H and O–H groups in total. The highest BCUT2D eigenvalue weighted by molar-refractivity contribution is 5.90. The Hall–Kier alpha value is -2.16. The van der Waals surface area contributed by atoms with Gasteiger partial charge in [-0.2, -0.15) is 0 Å². The zero-order chi connectivity index (χ0) is 13.7. The minimum Gasteiger partial charge on any atom is -0.423 e. The number of esters is 1. The van der Waals surface area contributed by atoms with Crippen LogP contribution < -0.4 is 4.74 Å². The minimum atomic E-state index is -0.376. The number of aryl methyl sites for hydroxylation is 2. The van der Waals surface area contributed by atoms with Gasteiger partial charge in [0.05, 0.1) is 5.56 Å². The Morgan fingerprint density at radius 3 is 2.47 bits per heavy atom. The van der Waals surface area contributed by atoms with Gasteiger partial charge in [-0.1, -0.05) is 31.0 Å². The summed E-state index contributed by atoms with van der Waals surface area (Å²) in [5.74, 6) is 0.174. The fourth-order valence-electron chi connectivity index (χ4n) is 1.72. The van der Waals surface area contributed by atoms with Crippen LogP contribution in [0.5, 0.6) is 5.75 Å². The van der Waals surface area contributed by atoms with Crippen LogP contribution in [0.25, 0.3) is 0 Å². The molecule has 0 aliphatic carbocycles. The molecule has 0 amide bonds. The van der Waals surface area contributed by atoms with Crippen molar-refractivity contribution in [3.8, 4) is 5.75 Å². The number of pyridine rings is 1. The summed E-state index contributed by atoms with van der Waals surface area (Å²) < 4.78 is 5.28. The lowest BCUT2D eigenvalue weighted by atomic mass is 10.2. The molecule has 1 heterocycles. The van der Waals surface area contributed by atoms with E-state index in [1.54, 1.807) is 24.4 Å². The summed E-state index contributed by atoms with van der Waals surface area (Å²) in [6, 6.07) is 11.0. The van der Waals surface area contributed by atoms with E-state index < -0.39 is 0 Å². The van der Waals surface area contributed by atoms with Crippen molar-refractivity contribution in [1.82, 2.24) is 4.98 Å². The molecule has 0 atom stereocenters. The van der Waals surface area contributed by atoms with Crippen LogP contribution in [-0.4, -0.2) is 11.0 Å². The van der Waals surface area contributed by atoms with E-state index in [1.807, 2.05) is 25.1 Å². The Balaban J connectivity index is 2.05. The van der Waals surface area contributed by atoms with Crippen molar-refractivity contribution >= 4 is 5.97 Å². The van der Waals surface area contributed by atoms with E-state index in [2.05, 4.69) is 11.9 Å². The highest BCUT2D eigenvalue weighted by Crippen LogP contribution is 2.13. The molecule has 1 aromatic heterocycles. The zero-order valence-electron chi connectivity index (χ0n) is 11.2. The molecule has 0 fully saturated rings. The van der Waals surface area contributed by atoms with E-state index in [0.29, 0.717) is 11.3 Å². The molecule has 0 aliphatic heterocycles. The maximum atomic E-state index is 11.9. The summed E-state index contributed by atoms with van der Waals surface area (Å²) in [7, 11) is 0. The minimum absolute atomic E-state index is 0.376. The van der Waals surface area contributed by atoms with Crippen molar-refractivity contribution in [2.24, 2.45) is 0 Å². The normalized spacial score (nSPS) is 10.2. The number of hydrogen-bond acceptors (Lipinski definition) is 3. The van der Waals surface area contributed by atoms with Gasteiger partial charge in [-0.25, -0.2) is 4.79 Å². The summed E-state index contributed by atoms with van der Waals surface area (Å²) in [5, 5.41) is 0. The van der Waals surface area contributed by atoms with E-state index in [0.717, 1.165) is 24.1 Å². The van der Waals surface area contributed by atoms with Crippen molar-refractivity contribution < 1.29 is 9.53 Å². The molecular weight excluding hydrogens is 238 g/mol. The molecule has 3 nitrogen and oxygen atoms in total. The van der Waals surface area contributed by atoms with Crippen LogP contribution in [0.4, 0.5) is 0 Å². The van der Waals surface area contributed by atoms with Crippen LogP contribution in [-0.2, 0) is 6.42 Å². The second-order valence-electron chi connectivity index (χ2n) is 4.49. The number of rotatable bonds is 4. The molecule has 0 saturated heterocycles. The van der Waals surface area contributed by atoms with Crippen molar-refractivity contribution in [2.75, 3.05) is 0 Å². The third kappa shape index (κ3) is 3.65. The van der Waals surface area contributed by atoms with Gasteiger partial charge in [0.1, 0.15) is 5.75 Å². The summed E-state index contributed by atoms with van der Waals surface area (Å²) >= 11 is 0. The maximum Gasteiger partial charge on any atom is 0.345 e. The van der Waals surface area contributed by atoms with Gasteiger partial charge in [0.2, 0.25) is 0 Å². The van der Waals surface area contributed by atoms with Gasteiger partial charge in [-0.3, -0.25) is 4.98 Å². The van der Waals surface area contributed by atoms with Crippen molar-refractivity contribution in [2.45, 2.75) is 26.7 Å². The van der Waals surface area contributed by atoms with Crippen LogP contribution in [0.15, 0.2) is 42.6 Å². The molecule has 0 saturated carbocycles. The number of hydrogen-bond donors (Lipinski definition) is 0. The van der Waals surface area contributed by atoms with Gasteiger partial charge in [0, 0.05) is 11.9 Å². The van der Waals surface area contributed by atoms with E-state index in [9.17, 15) is 4.79 Å². The Morgan fingerprint density at radius 2 is 1.89 bits per heavy atom. The van der Waals surface area contributed by atoms with Gasteiger partial charge in [-0.05, 0) is 37.6 Å². The summed E-state index contributed by atoms with van der Waals surface area (Å²) in [6.07, 6.45) is 3.54. The first kappa shape index (κ1) is 13.3. The summed E-state index contributed by atoms with van der Waals surface area (Å²) in [6.45, 7) is 4.09. The average molecular weight is 255 g/mol. The van der Waals surface area contributed by atoms with E-state index >= 15 is 0 Å². The monoisotopic (exact) mass is 255 g/mol. The Labute approximate surface area is 113 Å². The van der Waals surface area contributed by atoms with Crippen LogP contribution in [0.1, 0.15) is 35.0 Å². The van der Waals surface area contributed by atoms with Gasteiger partial charge < -0.3 is 4.74 Å². The van der Waals surface area contributed by atoms with Crippen molar-refractivity contribution in [3.05, 3.63) is 59.4 Å². The lowest BCUT2D eigenvalue weighted by molar-refractivity contribution is 0.0734. The first-order chi connectivity index (χ1) is 9.19. The number of ether oxygens (including phenoxy) is 1. The fraction of sp³-hybridized carbons (Fsp3) is 0.250. The smallest absolute Gasteiger partial charge is 0.345 e. The van der Waals surface area contributed by atoms with Gasteiger partial charge >= 0.3 is 5.97 Å². The molecule has 98 valence electrons. The highest BCUT2D eigenvalue weighted by Gasteiger charge is 2.08. The predicted octanol–water partition coefficient (Wildman–Crippen LogP) is 3.56. The first-order valence-electron chi connectivity index (χ1n) is 6.43. The lowest BCUT2D eigenvalue weighted by Gasteiger charge is -2.05. The van der Waals surface area contributed by atoms with Gasteiger partial charge in [-0.15, -0.1) is 0 Å². The molecule has 0 bridgehead atoms. The molecule has 19 heavy (non-hydrogen) atoms. The maximum absolute atomic E-state index is 11.9. The Bertz CT molecular complexity index is 544. The third-order valence-electron chi connectivity index (χ3n) is 2.80. The number of aromatic nitrogens is 1. The molecule has 0 aliphatic rings. The Kier molecular flexibility index (Phi) is 4.29. The van der Waals surface area contributed by atoms with Crippen LogP contribution in [0, 0.1) is 6.92 Å². The molecule has 2 rings (SSSR count). The van der Waals surface area contributed by atoms with Gasteiger partial charge in [0.25, 0.3) is 0 Å². The summed E-state index contributed by atoms with van der Waals surface area (Å²) in [4.78, 5) is 16.2. The van der Waals surface area contributed by atoms with E-state index in [1.165, 1.54) is 0 Å². The largest absolute Gasteiger partial charge is 0.423 e. The Morgan fingerprint density at radius 1 is 1.16 bits per heavy atom. The second-order valence-corrected chi connectivity index (χ2v) is 4.49. The number of benzene rings is 1. The molecule has 0 radical (unpaired) electrons.